The minimum absolute atomic E-state index is 0.235. The summed E-state index contributed by atoms with van der Waals surface area (Å²) in [5, 5.41) is 40.1. The molecule has 4 N–H and O–H groups in total. The second-order valence-electron chi connectivity index (χ2n) is 3.61. The molecule has 98 valence electrons. The largest absolute Gasteiger partial charge is 0.502 e. The third kappa shape index (κ3) is 2.21. The molecular formula is C9H11N3O6. The highest BCUT2D eigenvalue weighted by molar-refractivity contribution is 5.65. The van der Waals surface area contributed by atoms with Gasteiger partial charge in [0.15, 0.2) is 5.75 Å². The SMILES string of the molecule is Cc1c([N+](=O)[O-])cc([C@H](N)CO)c(O)c1[N+](=O)[O-]. The van der Waals surface area contributed by atoms with E-state index in [0.717, 1.165) is 13.0 Å². The van der Waals surface area contributed by atoms with Gasteiger partial charge in [0.1, 0.15) is 5.56 Å². The van der Waals surface area contributed by atoms with Gasteiger partial charge in [0, 0.05) is 11.6 Å². The topological polar surface area (TPSA) is 153 Å². The Labute approximate surface area is 101 Å². The number of phenolic OH excluding ortho intramolecular Hbond substituents is 1. The van der Waals surface area contributed by atoms with E-state index in [2.05, 4.69) is 0 Å². The molecule has 0 saturated carbocycles. The van der Waals surface area contributed by atoms with Crippen molar-refractivity contribution >= 4 is 11.4 Å². The van der Waals surface area contributed by atoms with E-state index >= 15 is 0 Å². The van der Waals surface area contributed by atoms with Gasteiger partial charge in [-0.15, -0.1) is 0 Å². The summed E-state index contributed by atoms with van der Waals surface area (Å²) in [7, 11) is 0. The molecular weight excluding hydrogens is 246 g/mol. The Morgan fingerprint density at radius 1 is 1.39 bits per heavy atom. The predicted molar refractivity (Wildman–Crippen MR) is 60.2 cm³/mol. The van der Waals surface area contributed by atoms with Crippen molar-refractivity contribution in [3.8, 4) is 5.75 Å². The summed E-state index contributed by atoms with van der Waals surface area (Å²) in [6.07, 6.45) is 0. The highest BCUT2D eigenvalue weighted by Gasteiger charge is 2.30. The van der Waals surface area contributed by atoms with E-state index in [1.807, 2.05) is 0 Å². The Morgan fingerprint density at radius 2 is 1.94 bits per heavy atom. The van der Waals surface area contributed by atoms with Crippen LogP contribution >= 0.6 is 0 Å². The third-order valence-electron chi connectivity index (χ3n) is 2.50. The fourth-order valence-electron chi connectivity index (χ4n) is 1.55. The lowest BCUT2D eigenvalue weighted by molar-refractivity contribution is -0.396. The van der Waals surface area contributed by atoms with Crippen LogP contribution in [-0.2, 0) is 0 Å². The maximum atomic E-state index is 10.8. The van der Waals surface area contributed by atoms with Crippen LogP contribution in [0.3, 0.4) is 0 Å². The van der Waals surface area contributed by atoms with Crippen molar-refractivity contribution in [2.24, 2.45) is 5.73 Å². The summed E-state index contributed by atoms with van der Waals surface area (Å²) >= 11 is 0. The number of rotatable bonds is 4. The van der Waals surface area contributed by atoms with Crippen molar-refractivity contribution in [2.45, 2.75) is 13.0 Å². The molecule has 1 aromatic carbocycles. The second kappa shape index (κ2) is 4.94. The van der Waals surface area contributed by atoms with E-state index in [-0.39, 0.29) is 11.1 Å². The van der Waals surface area contributed by atoms with Crippen molar-refractivity contribution in [1.82, 2.24) is 0 Å². The Morgan fingerprint density at radius 3 is 2.33 bits per heavy atom. The number of benzene rings is 1. The first-order valence-electron chi connectivity index (χ1n) is 4.82. The fourth-order valence-corrected chi connectivity index (χ4v) is 1.55. The van der Waals surface area contributed by atoms with Gasteiger partial charge in [-0.2, -0.15) is 0 Å². The Kier molecular flexibility index (Phi) is 3.79. The van der Waals surface area contributed by atoms with Crippen LogP contribution in [-0.4, -0.2) is 26.7 Å². The van der Waals surface area contributed by atoms with Gasteiger partial charge in [0.2, 0.25) is 0 Å². The summed E-state index contributed by atoms with van der Waals surface area (Å²) in [6, 6.07) is -0.207. The number of aliphatic hydroxyl groups is 1. The van der Waals surface area contributed by atoms with Gasteiger partial charge in [-0.1, -0.05) is 0 Å². The quantitative estimate of drug-likeness (QED) is 0.524. The molecule has 0 saturated heterocycles. The minimum Gasteiger partial charge on any atom is -0.502 e. The third-order valence-corrected chi connectivity index (χ3v) is 2.50. The van der Waals surface area contributed by atoms with E-state index in [4.69, 9.17) is 10.8 Å². The Bertz CT molecular complexity index is 516. The normalized spacial score (nSPS) is 12.2. The van der Waals surface area contributed by atoms with Crippen molar-refractivity contribution in [2.75, 3.05) is 6.61 Å². The fraction of sp³-hybridized carbons (Fsp3) is 0.333. The number of aliphatic hydroxyl groups excluding tert-OH is 1. The highest BCUT2D eigenvalue weighted by atomic mass is 16.6. The van der Waals surface area contributed by atoms with Gasteiger partial charge in [-0.05, 0) is 6.92 Å². The molecule has 9 nitrogen and oxygen atoms in total. The van der Waals surface area contributed by atoms with Crippen molar-refractivity contribution in [3.63, 3.8) is 0 Å². The summed E-state index contributed by atoms with van der Waals surface area (Å²) in [5.74, 6) is -0.760. The molecule has 0 aliphatic rings. The molecule has 18 heavy (non-hydrogen) atoms. The van der Waals surface area contributed by atoms with Gasteiger partial charge < -0.3 is 15.9 Å². The van der Waals surface area contributed by atoms with E-state index in [1.165, 1.54) is 0 Å². The first-order chi connectivity index (χ1) is 8.31. The zero-order valence-electron chi connectivity index (χ0n) is 9.36. The second-order valence-corrected chi connectivity index (χ2v) is 3.61. The number of phenols is 1. The molecule has 0 bridgehead atoms. The zero-order chi connectivity index (χ0) is 14.0. The summed E-state index contributed by atoms with van der Waals surface area (Å²) < 4.78 is 0. The van der Waals surface area contributed by atoms with E-state index in [1.54, 1.807) is 0 Å². The summed E-state index contributed by atoms with van der Waals surface area (Å²) in [4.78, 5) is 19.8. The molecule has 0 heterocycles. The monoisotopic (exact) mass is 257 g/mol. The van der Waals surface area contributed by atoms with Crippen molar-refractivity contribution < 1.29 is 20.1 Å². The molecule has 9 heteroatoms. The van der Waals surface area contributed by atoms with Crippen LogP contribution in [0.2, 0.25) is 0 Å². The summed E-state index contributed by atoms with van der Waals surface area (Å²) in [6.45, 7) is 0.551. The number of nitrogens with two attached hydrogens (primary N) is 1. The van der Waals surface area contributed by atoms with Crippen LogP contribution in [0.1, 0.15) is 17.2 Å². The predicted octanol–water partition coefficient (Wildman–Crippen LogP) is 0.509. The first kappa shape index (κ1) is 13.8. The molecule has 0 aliphatic carbocycles. The highest BCUT2D eigenvalue weighted by Crippen LogP contribution is 2.40. The number of nitro groups is 2. The molecule has 1 aromatic rings. The molecule has 0 spiro atoms. The number of nitrogens with zero attached hydrogens (tertiary/aromatic N) is 2. The van der Waals surface area contributed by atoms with Crippen LogP contribution in [0.4, 0.5) is 11.4 Å². The molecule has 0 aliphatic heterocycles. The van der Waals surface area contributed by atoms with Crippen molar-refractivity contribution in [3.05, 3.63) is 37.4 Å². The summed E-state index contributed by atoms with van der Waals surface area (Å²) in [5.41, 5.74) is 3.62. The van der Waals surface area contributed by atoms with Gasteiger partial charge >= 0.3 is 5.69 Å². The minimum atomic E-state index is -1.14. The molecule has 1 rings (SSSR count). The van der Waals surface area contributed by atoms with E-state index in [9.17, 15) is 25.3 Å². The van der Waals surface area contributed by atoms with Crippen LogP contribution in [0.15, 0.2) is 6.07 Å². The smallest absolute Gasteiger partial charge is 0.320 e. The average molecular weight is 257 g/mol. The maximum absolute atomic E-state index is 10.8. The standard InChI is InChI=1S/C9H11N3O6/c1-4-7(11(15)16)2-5(6(10)3-13)9(14)8(4)12(17)18/h2,6,13-14H,3,10H2,1H3/t6-/m1/s1. The lowest BCUT2D eigenvalue weighted by atomic mass is 10.0. The molecule has 0 fully saturated rings. The van der Waals surface area contributed by atoms with Gasteiger partial charge in [0.05, 0.1) is 22.5 Å². The lowest BCUT2D eigenvalue weighted by Crippen LogP contribution is -2.16. The van der Waals surface area contributed by atoms with Crippen LogP contribution in [0.5, 0.6) is 5.75 Å². The average Bonchev–Trinajstić information content (AvgIpc) is 2.27. The Hall–Kier alpha value is -2.26. The molecule has 0 aromatic heterocycles. The Balaban J connectivity index is 3.66. The van der Waals surface area contributed by atoms with Crippen LogP contribution < -0.4 is 5.73 Å². The van der Waals surface area contributed by atoms with Crippen LogP contribution in [0, 0.1) is 27.2 Å². The van der Waals surface area contributed by atoms with Crippen LogP contribution in [0.25, 0.3) is 0 Å². The lowest BCUT2D eigenvalue weighted by Gasteiger charge is -2.12. The number of hydrogen-bond donors (Lipinski definition) is 3. The van der Waals surface area contributed by atoms with E-state index < -0.39 is 39.6 Å². The molecule has 0 unspecified atom stereocenters. The number of hydrogen-bond acceptors (Lipinski definition) is 7. The van der Waals surface area contributed by atoms with E-state index in [0.29, 0.717) is 0 Å². The number of nitro benzene ring substituents is 2. The van der Waals surface area contributed by atoms with Gasteiger partial charge in [0.25, 0.3) is 5.69 Å². The van der Waals surface area contributed by atoms with Gasteiger partial charge in [-0.3, -0.25) is 20.2 Å². The molecule has 0 radical (unpaired) electrons. The molecule has 1 atom stereocenters. The zero-order valence-corrected chi connectivity index (χ0v) is 9.36. The molecule has 0 amide bonds. The first-order valence-corrected chi connectivity index (χ1v) is 4.82. The van der Waals surface area contributed by atoms with Crippen molar-refractivity contribution in [1.29, 1.82) is 0 Å². The van der Waals surface area contributed by atoms with Gasteiger partial charge in [-0.25, -0.2) is 0 Å². The number of aromatic hydroxyl groups is 1. The maximum Gasteiger partial charge on any atom is 0.320 e.